The predicted octanol–water partition coefficient (Wildman–Crippen LogP) is 4.60. The highest BCUT2D eigenvalue weighted by molar-refractivity contribution is 7.20. The summed E-state index contributed by atoms with van der Waals surface area (Å²) < 4.78 is 8.09. The molecule has 3 aromatic rings. The summed E-state index contributed by atoms with van der Waals surface area (Å²) in [5.74, 6) is -0.926. The zero-order chi connectivity index (χ0) is 19.0. The van der Waals surface area contributed by atoms with E-state index in [2.05, 4.69) is 4.99 Å². The molecular weight excluding hydrogens is 415 g/mol. The van der Waals surface area contributed by atoms with Crippen LogP contribution >= 0.6 is 45.9 Å². The Morgan fingerprint density at radius 3 is 2.46 bits per heavy atom. The Bertz CT molecular complexity index is 1100. The summed E-state index contributed by atoms with van der Waals surface area (Å²) in [7, 11) is 1.32. The molecule has 0 saturated carbocycles. The quantitative estimate of drug-likeness (QED) is 0.572. The number of thiazole rings is 1. The molecule has 0 radical (unpaired) electrons. The van der Waals surface area contributed by atoms with Crippen LogP contribution in [0.1, 0.15) is 21.5 Å². The Morgan fingerprint density at radius 2 is 1.85 bits per heavy atom. The van der Waals surface area contributed by atoms with Gasteiger partial charge in [0, 0.05) is 0 Å². The van der Waals surface area contributed by atoms with Crippen molar-refractivity contribution in [2.45, 2.75) is 20.4 Å². The maximum atomic E-state index is 12.5. The minimum absolute atomic E-state index is 0.0385. The van der Waals surface area contributed by atoms with E-state index in [-0.39, 0.29) is 16.4 Å². The van der Waals surface area contributed by atoms with Gasteiger partial charge >= 0.3 is 5.97 Å². The molecule has 26 heavy (non-hydrogen) atoms. The third-order valence-electron chi connectivity index (χ3n) is 3.90. The molecule has 136 valence electrons. The lowest BCUT2D eigenvalue weighted by Crippen LogP contribution is -2.22. The average molecular weight is 429 g/mol. The Balaban J connectivity index is 2.20. The van der Waals surface area contributed by atoms with Crippen molar-refractivity contribution in [1.82, 2.24) is 4.57 Å². The topological polar surface area (TPSA) is 60.7 Å². The van der Waals surface area contributed by atoms with Crippen LogP contribution in [0.25, 0.3) is 10.2 Å². The maximum absolute atomic E-state index is 12.5. The van der Waals surface area contributed by atoms with Gasteiger partial charge in [-0.25, -0.2) is 0 Å². The third kappa shape index (κ3) is 3.71. The fraction of sp³-hybridized carbons (Fsp3) is 0.235. The minimum Gasteiger partial charge on any atom is -0.468 e. The van der Waals surface area contributed by atoms with Crippen LogP contribution in [0.15, 0.2) is 23.2 Å². The van der Waals surface area contributed by atoms with E-state index in [0.717, 1.165) is 32.7 Å². The molecule has 0 N–H and O–H groups in total. The summed E-state index contributed by atoms with van der Waals surface area (Å²) in [6.07, 6.45) is 0. The van der Waals surface area contributed by atoms with Crippen LogP contribution in [0.2, 0.25) is 8.67 Å². The third-order valence-corrected chi connectivity index (χ3v) is 6.43. The highest BCUT2D eigenvalue weighted by Crippen LogP contribution is 2.31. The normalized spacial score (nSPS) is 12.0. The Hall–Kier alpha value is -1.67. The van der Waals surface area contributed by atoms with E-state index in [1.807, 2.05) is 26.0 Å². The molecule has 9 heteroatoms. The Kier molecular flexibility index (Phi) is 5.53. The molecule has 3 rings (SSSR count). The fourth-order valence-corrected chi connectivity index (χ4v) is 4.94. The first kappa shape index (κ1) is 19.1. The number of methoxy groups -OCH3 is 1. The van der Waals surface area contributed by atoms with Crippen molar-refractivity contribution in [2.24, 2.45) is 4.99 Å². The molecule has 0 aliphatic carbocycles. The number of hydrogen-bond acceptors (Lipinski definition) is 5. The van der Waals surface area contributed by atoms with Crippen LogP contribution in [0.4, 0.5) is 0 Å². The van der Waals surface area contributed by atoms with E-state index in [1.54, 1.807) is 4.57 Å². The number of ether oxygens (including phenoxy) is 1. The first-order chi connectivity index (χ1) is 12.3. The van der Waals surface area contributed by atoms with Gasteiger partial charge in [0.1, 0.15) is 10.9 Å². The number of esters is 1. The number of carbonyl (C=O) groups excluding carboxylic acids is 2. The molecule has 1 aromatic carbocycles. The van der Waals surface area contributed by atoms with Crippen molar-refractivity contribution < 1.29 is 14.3 Å². The average Bonchev–Trinajstić information content (AvgIpc) is 3.08. The first-order valence-electron chi connectivity index (χ1n) is 7.51. The van der Waals surface area contributed by atoms with Crippen molar-refractivity contribution in [1.29, 1.82) is 0 Å². The van der Waals surface area contributed by atoms with Gasteiger partial charge in [-0.05, 0) is 43.2 Å². The summed E-state index contributed by atoms with van der Waals surface area (Å²) >= 11 is 14.4. The standard InChI is InChI=1S/C17H14Cl2N2O3S2/c1-8-4-11-12(5-9(8)2)25-17(21(11)7-14(22)24-3)20-16(23)10-6-13(18)26-15(10)19/h4-6H,7H2,1-3H3. The van der Waals surface area contributed by atoms with Crippen LogP contribution in [-0.4, -0.2) is 23.6 Å². The van der Waals surface area contributed by atoms with Gasteiger partial charge in [-0.1, -0.05) is 34.5 Å². The van der Waals surface area contributed by atoms with Gasteiger partial charge < -0.3 is 9.30 Å². The highest BCUT2D eigenvalue weighted by atomic mass is 35.5. The number of benzene rings is 1. The predicted molar refractivity (Wildman–Crippen MR) is 106 cm³/mol. The van der Waals surface area contributed by atoms with Crippen molar-refractivity contribution in [3.05, 3.63) is 48.4 Å². The summed E-state index contributed by atoms with van der Waals surface area (Å²) in [4.78, 5) is 29.0. The summed E-state index contributed by atoms with van der Waals surface area (Å²) in [5.41, 5.74) is 3.27. The summed E-state index contributed by atoms with van der Waals surface area (Å²) in [5, 5.41) is 0. The van der Waals surface area contributed by atoms with Gasteiger partial charge in [0.05, 0.1) is 27.2 Å². The molecule has 0 aliphatic rings. The van der Waals surface area contributed by atoms with Gasteiger partial charge in [-0.2, -0.15) is 4.99 Å². The number of fused-ring (bicyclic) bond motifs is 1. The smallest absolute Gasteiger partial charge is 0.325 e. The summed E-state index contributed by atoms with van der Waals surface area (Å²) in [6.45, 7) is 3.96. The van der Waals surface area contributed by atoms with Gasteiger partial charge in [-0.15, -0.1) is 11.3 Å². The minimum atomic E-state index is -0.503. The molecule has 1 amide bonds. The molecule has 0 spiro atoms. The lowest BCUT2D eigenvalue weighted by Gasteiger charge is -2.05. The van der Waals surface area contributed by atoms with Crippen molar-refractivity contribution in [2.75, 3.05) is 7.11 Å². The van der Waals surface area contributed by atoms with Crippen LogP contribution in [0, 0.1) is 13.8 Å². The number of nitrogens with zero attached hydrogens (tertiary/aromatic N) is 2. The lowest BCUT2D eigenvalue weighted by molar-refractivity contribution is -0.141. The largest absolute Gasteiger partial charge is 0.468 e. The Morgan fingerprint density at radius 1 is 1.15 bits per heavy atom. The molecule has 2 aromatic heterocycles. The number of rotatable bonds is 3. The van der Waals surface area contributed by atoms with Crippen LogP contribution in [-0.2, 0) is 16.1 Å². The molecule has 0 saturated heterocycles. The number of halogens is 2. The van der Waals surface area contributed by atoms with Crippen LogP contribution < -0.4 is 4.80 Å². The Labute approximate surface area is 167 Å². The monoisotopic (exact) mass is 428 g/mol. The second-order valence-electron chi connectivity index (χ2n) is 5.61. The fourth-order valence-electron chi connectivity index (χ4n) is 2.39. The second kappa shape index (κ2) is 7.52. The number of aromatic nitrogens is 1. The SMILES string of the molecule is COC(=O)Cn1c(=NC(=O)c2cc(Cl)sc2Cl)sc2cc(C)c(C)cc21. The van der Waals surface area contributed by atoms with E-state index >= 15 is 0 Å². The van der Waals surface area contributed by atoms with Gasteiger partial charge in [0.25, 0.3) is 5.91 Å². The molecule has 0 atom stereocenters. The van der Waals surface area contributed by atoms with Crippen molar-refractivity contribution >= 4 is 68.0 Å². The van der Waals surface area contributed by atoms with E-state index in [0.29, 0.717) is 9.14 Å². The van der Waals surface area contributed by atoms with E-state index in [1.165, 1.54) is 24.5 Å². The first-order valence-corrected chi connectivity index (χ1v) is 9.90. The van der Waals surface area contributed by atoms with Crippen LogP contribution in [0.3, 0.4) is 0 Å². The summed E-state index contributed by atoms with van der Waals surface area (Å²) in [6, 6.07) is 5.48. The van der Waals surface area contributed by atoms with E-state index in [4.69, 9.17) is 27.9 Å². The molecule has 0 aliphatic heterocycles. The number of hydrogen-bond donors (Lipinski definition) is 0. The number of thiophene rings is 1. The van der Waals surface area contributed by atoms with Gasteiger partial charge in [0.15, 0.2) is 4.80 Å². The van der Waals surface area contributed by atoms with Crippen molar-refractivity contribution in [3.63, 3.8) is 0 Å². The molecule has 2 heterocycles. The van der Waals surface area contributed by atoms with E-state index in [9.17, 15) is 9.59 Å². The highest BCUT2D eigenvalue weighted by Gasteiger charge is 2.16. The molecule has 0 unspecified atom stereocenters. The maximum Gasteiger partial charge on any atom is 0.325 e. The zero-order valence-electron chi connectivity index (χ0n) is 14.1. The van der Waals surface area contributed by atoms with Gasteiger partial charge in [0.2, 0.25) is 0 Å². The lowest BCUT2D eigenvalue weighted by atomic mass is 10.1. The number of amides is 1. The molecule has 0 fully saturated rings. The van der Waals surface area contributed by atoms with Gasteiger partial charge in [-0.3, -0.25) is 9.59 Å². The molecule has 0 bridgehead atoms. The number of carbonyl (C=O) groups is 2. The van der Waals surface area contributed by atoms with E-state index < -0.39 is 11.9 Å². The zero-order valence-corrected chi connectivity index (χ0v) is 17.3. The van der Waals surface area contributed by atoms with Crippen molar-refractivity contribution in [3.8, 4) is 0 Å². The molecule has 5 nitrogen and oxygen atoms in total. The van der Waals surface area contributed by atoms with Crippen LogP contribution in [0.5, 0.6) is 0 Å². The molecular formula is C17H14Cl2N2O3S2. The number of aryl methyl sites for hydroxylation is 2. The second-order valence-corrected chi connectivity index (χ2v) is 8.90.